The van der Waals surface area contributed by atoms with Crippen LogP contribution in [0.4, 0.5) is 0 Å². The lowest BCUT2D eigenvalue weighted by Gasteiger charge is -2.18. The zero-order chi connectivity index (χ0) is 18.4. The van der Waals surface area contributed by atoms with Crippen LogP contribution in [0.2, 0.25) is 0 Å². The molecule has 5 nitrogen and oxygen atoms in total. The number of aromatic hydroxyl groups is 1. The normalized spacial score (nSPS) is 11.4. The lowest BCUT2D eigenvalue weighted by atomic mass is 10.0. The third kappa shape index (κ3) is 4.70. The summed E-state index contributed by atoms with van der Waals surface area (Å²) < 4.78 is 10.7. The van der Waals surface area contributed by atoms with E-state index in [1.807, 2.05) is 6.07 Å². The molecule has 2 aromatic carbocycles. The van der Waals surface area contributed by atoms with Crippen molar-refractivity contribution >= 4 is 11.8 Å². The molecule has 0 aliphatic carbocycles. The van der Waals surface area contributed by atoms with Crippen molar-refractivity contribution in [2.75, 3.05) is 0 Å². The molecule has 2 rings (SSSR count). The smallest absolute Gasteiger partial charge is 0.336 e. The largest absolute Gasteiger partial charge is 0.507 e. The molecule has 0 fully saturated rings. The number of hydrogen-bond acceptors (Lipinski definition) is 5. The average molecular weight is 340 g/mol. The molecule has 5 heteroatoms. The number of phenolic OH excluding ortho intramolecular Hbond substituents is 1. The highest BCUT2D eigenvalue weighted by molar-refractivity contribution is 6.10. The monoisotopic (exact) mass is 340 g/mol. The summed E-state index contributed by atoms with van der Waals surface area (Å²) in [5.74, 6) is -0.742. The van der Waals surface area contributed by atoms with Crippen LogP contribution < -0.4 is 4.74 Å². The van der Waals surface area contributed by atoms with Crippen LogP contribution in [0.15, 0.2) is 60.7 Å². The van der Waals surface area contributed by atoms with E-state index in [0.29, 0.717) is 17.7 Å². The van der Waals surface area contributed by atoms with Gasteiger partial charge in [0.05, 0.1) is 5.56 Å². The highest BCUT2D eigenvalue weighted by Crippen LogP contribution is 2.27. The van der Waals surface area contributed by atoms with E-state index < -0.39 is 12.3 Å². The van der Waals surface area contributed by atoms with Crippen molar-refractivity contribution in [2.45, 2.75) is 26.6 Å². The van der Waals surface area contributed by atoms with E-state index in [1.165, 1.54) is 12.1 Å². The lowest BCUT2D eigenvalue weighted by molar-refractivity contribution is -0.159. The fraction of sp³-hybridized carbons (Fsp3) is 0.200. The molecule has 0 saturated carbocycles. The van der Waals surface area contributed by atoms with E-state index >= 15 is 0 Å². The van der Waals surface area contributed by atoms with Gasteiger partial charge in [-0.3, -0.25) is 4.79 Å². The van der Waals surface area contributed by atoms with E-state index in [9.17, 15) is 14.7 Å². The predicted octanol–water partition coefficient (Wildman–Crippen LogP) is 3.86. The maximum absolute atomic E-state index is 12.4. The van der Waals surface area contributed by atoms with Gasteiger partial charge >= 0.3 is 5.97 Å². The van der Waals surface area contributed by atoms with Crippen LogP contribution in [0, 0.1) is 0 Å². The summed E-state index contributed by atoms with van der Waals surface area (Å²) in [7, 11) is 0. The van der Waals surface area contributed by atoms with E-state index in [0.717, 1.165) is 0 Å². The summed E-state index contributed by atoms with van der Waals surface area (Å²) in [5, 5.41) is 10.2. The minimum absolute atomic E-state index is 0.172. The first-order chi connectivity index (χ1) is 11.9. The average Bonchev–Trinajstić information content (AvgIpc) is 2.61. The van der Waals surface area contributed by atoms with Gasteiger partial charge in [0.1, 0.15) is 11.5 Å². The van der Waals surface area contributed by atoms with Gasteiger partial charge in [-0.05, 0) is 19.1 Å². The molecule has 130 valence electrons. The predicted molar refractivity (Wildman–Crippen MR) is 93.6 cm³/mol. The van der Waals surface area contributed by atoms with Crippen molar-refractivity contribution in [3.63, 3.8) is 0 Å². The van der Waals surface area contributed by atoms with Crippen LogP contribution in [-0.4, -0.2) is 23.1 Å². The summed E-state index contributed by atoms with van der Waals surface area (Å²) in [6.45, 7) is 6.86. The number of ketones is 1. The van der Waals surface area contributed by atoms with Gasteiger partial charge < -0.3 is 14.6 Å². The standard InChI is InChI=1S/C20H20O5/c1-4-18(25-20(23)13(2)3)24-15-10-11-16(17(21)12-15)19(22)14-8-6-5-7-9-14/h5-12,18,21H,2,4H2,1,3H3. The lowest BCUT2D eigenvalue weighted by Crippen LogP contribution is -2.23. The first-order valence-corrected chi connectivity index (χ1v) is 7.88. The van der Waals surface area contributed by atoms with Crippen LogP contribution in [0.3, 0.4) is 0 Å². The fourth-order valence-electron chi connectivity index (χ4n) is 2.08. The number of phenols is 1. The zero-order valence-electron chi connectivity index (χ0n) is 14.2. The van der Waals surface area contributed by atoms with Gasteiger partial charge in [-0.25, -0.2) is 4.79 Å². The second kappa shape index (κ2) is 8.15. The Morgan fingerprint density at radius 1 is 1.16 bits per heavy atom. The molecule has 0 amide bonds. The third-order valence-electron chi connectivity index (χ3n) is 3.44. The minimum Gasteiger partial charge on any atom is -0.507 e. The maximum atomic E-state index is 12.4. The van der Waals surface area contributed by atoms with Crippen LogP contribution in [0.25, 0.3) is 0 Å². The van der Waals surface area contributed by atoms with Gasteiger partial charge in [0.25, 0.3) is 0 Å². The summed E-state index contributed by atoms with van der Waals surface area (Å²) in [6, 6.07) is 13.0. The van der Waals surface area contributed by atoms with Gasteiger partial charge in [-0.2, -0.15) is 0 Å². The molecule has 25 heavy (non-hydrogen) atoms. The molecular weight excluding hydrogens is 320 g/mol. The number of esters is 1. The Balaban J connectivity index is 2.14. The number of carbonyl (C=O) groups excluding carboxylic acids is 2. The van der Waals surface area contributed by atoms with Gasteiger partial charge in [0.2, 0.25) is 6.29 Å². The summed E-state index contributed by atoms with van der Waals surface area (Å²) >= 11 is 0. The molecule has 1 atom stereocenters. The van der Waals surface area contributed by atoms with E-state index in [2.05, 4.69) is 6.58 Å². The Bertz CT molecular complexity index is 780. The number of carbonyl (C=O) groups is 2. The Labute approximate surface area is 146 Å². The Hall–Kier alpha value is -3.08. The highest BCUT2D eigenvalue weighted by Gasteiger charge is 2.17. The molecule has 0 spiro atoms. The number of ether oxygens (including phenoxy) is 2. The molecular formula is C20H20O5. The van der Waals surface area contributed by atoms with Gasteiger partial charge in [-0.15, -0.1) is 0 Å². The van der Waals surface area contributed by atoms with Crippen LogP contribution in [0.1, 0.15) is 36.2 Å². The molecule has 0 saturated heterocycles. The summed E-state index contributed by atoms with van der Waals surface area (Å²) in [4.78, 5) is 24.0. The second-order valence-electron chi connectivity index (χ2n) is 5.52. The summed E-state index contributed by atoms with van der Waals surface area (Å²) in [6.07, 6.45) is -0.385. The quantitative estimate of drug-likeness (QED) is 0.359. The van der Waals surface area contributed by atoms with Crippen molar-refractivity contribution in [2.24, 2.45) is 0 Å². The van der Waals surface area contributed by atoms with Crippen molar-refractivity contribution in [3.8, 4) is 11.5 Å². The van der Waals surface area contributed by atoms with Crippen molar-refractivity contribution < 1.29 is 24.2 Å². The number of hydrogen-bond donors (Lipinski definition) is 1. The van der Waals surface area contributed by atoms with Crippen LogP contribution in [0.5, 0.6) is 11.5 Å². The van der Waals surface area contributed by atoms with Gasteiger partial charge in [-0.1, -0.05) is 43.8 Å². The Kier molecular flexibility index (Phi) is 5.95. The second-order valence-corrected chi connectivity index (χ2v) is 5.52. The van der Waals surface area contributed by atoms with Crippen molar-refractivity contribution in [1.29, 1.82) is 0 Å². The molecule has 0 aliphatic heterocycles. The topological polar surface area (TPSA) is 72.8 Å². The first kappa shape index (κ1) is 18.3. The Morgan fingerprint density at radius 3 is 2.40 bits per heavy atom. The van der Waals surface area contributed by atoms with E-state index in [1.54, 1.807) is 44.2 Å². The van der Waals surface area contributed by atoms with Crippen LogP contribution in [-0.2, 0) is 9.53 Å². The molecule has 1 N–H and O–H groups in total. The van der Waals surface area contributed by atoms with Crippen molar-refractivity contribution in [3.05, 3.63) is 71.8 Å². The molecule has 0 bridgehead atoms. The van der Waals surface area contributed by atoms with Gasteiger partial charge in [0, 0.05) is 23.6 Å². The SMILES string of the molecule is C=C(C)C(=O)OC(CC)Oc1ccc(C(=O)c2ccccc2)c(O)c1. The molecule has 0 aromatic heterocycles. The number of benzene rings is 2. The highest BCUT2D eigenvalue weighted by atomic mass is 16.7. The molecule has 2 aromatic rings. The zero-order valence-corrected chi connectivity index (χ0v) is 14.2. The Morgan fingerprint density at radius 2 is 1.84 bits per heavy atom. The molecule has 0 radical (unpaired) electrons. The van der Waals surface area contributed by atoms with Gasteiger partial charge in [0.15, 0.2) is 5.78 Å². The minimum atomic E-state index is -0.806. The van der Waals surface area contributed by atoms with Crippen LogP contribution >= 0.6 is 0 Å². The fourth-order valence-corrected chi connectivity index (χ4v) is 2.08. The molecule has 0 aliphatic rings. The van der Waals surface area contributed by atoms with E-state index in [-0.39, 0.29) is 22.7 Å². The third-order valence-corrected chi connectivity index (χ3v) is 3.44. The maximum Gasteiger partial charge on any atom is 0.336 e. The molecule has 0 heterocycles. The first-order valence-electron chi connectivity index (χ1n) is 7.88. The number of rotatable bonds is 7. The molecule has 1 unspecified atom stereocenters. The summed E-state index contributed by atoms with van der Waals surface area (Å²) in [5.41, 5.74) is 0.924. The van der Waals surface area contributed by atoms with E-state index in [4.69, 9.17) is 9.47 Å². The van der Waals surface area contributed by atoms with Crippen molar-refractivity contribution in [1.82, 2.24) is 0 Å².